The minimum absolute atomic E-state index is 0.239. The lowest BCUT2D eigenvalue weighted by Crippen LogP contribution is -2.31. The molecule has 11 rings (SSSR count). The minimum atomic E-state index is -0.239. The summed E-state index contributed by atoms with van der Waals surface area (Å²) in [5, 5.41) is 5.09. The highest BCUT2D eigenvalue weighted by atomic mass is 32.1. The molecule has 3 heteroatoms. The highest BCUT2D eigenvalue weighted by Crippen LogP contribution is 2.56. The number of benzene rings is 9. The molecule has 0 N–H and O–H groups in total. The predicted molar refractivity (Wildman–Crippen MR) is 249 cm³/mol. The first-order valence-corrected chi connectivity index (χ1v) is 20.8. The number of anilines is 6. The van der Waals surface area contributed by atoms with E-state index in [0.29, 0.717) is 0 Å². The summed E-state index contributed by atoms with van der Waals surface area (Å²) in [6, 6.07) is 75.5. The fourth-order valence-electron chi connectivity index (χ4n) is 9.21. The molecule has 0 saturated carbocycles. The van der Waals surface area contributed by atoms with Gasteiger partial charge in [0.25, 0.3) is 0 Å². The third kappa shape index (κ3) is 5.46. The van der Waals surface area contributed by atoms with Gasteiger partial charge in [0.15, 0.2) is 0 Å². The number of thiophene rings is 1. The van der Waals surface area contributed by atoms with E-state index in [1.54, 1.807) is 0 Å². The van der Waals surface area contributed by atoms with Crippen molar-refractivity contribution in [1.82, 2.24) is 0 Å². The van der Waals surface area contributed by atoms with Gasteiger partial charge in [-0.25, -0.2) is 0 Å². The minimum Gasteiger partial charge on any atom is -0.311 e. The van der Waals surface area contributed by atoms with Crippen molar-refractivity contribution in [2.24, 2.45) is 0 Å². The Bertz CT molecular complexity index is 3100. The standard InChI is InChI=1S/C55H40N2S/c1-55(2)48-25-12-13-26-50(48)57(51-35-31-39(36-49(51)55)45-23-15-24-47-46-22-11-14-27-52(46)58-54(45)47)53-43-21-10-9-16-37(43)30-34-44(53)38-28-32-42(33-29-38)56(40-17-5-3-6-18-40)41-19-7-4-8-20-41/h3-36H,1-2H3. The molecule has 2 heterocycles. The van der Waals surface area contributed by atoms with E-state index < -0.39 is 0 Å². The molecule has 0 spiro atoms. The molecule has 276 valence electrons. The molecule has 9 aromatic carbocycles. The molecule has 0 fully saturated rings. The van der Waals surface area contributed by atoms with Gasteiger partial charge < -0.3 is 9.80 Å². The maximum absolute atomic E-state index is 2.55. The van der Waals surface area contributed by atoms with E-state index >= 15 is 0 Å². The number of rotatable bonds is 6. The molecule has 0 aliphatic carbocycles. The molecule has 0 atom stereocenters. The first-order valence-electron chi connectivity index (χ1n) is 20.0. The van der Waals surface area contributed by atoms with Crippen molar-refractivity contribution in [3.63, 3.8) is 0 Å². The van der Waals surface area contributed by atoms with Crippen LogP contribution in [0.3, 0.4) is 0 Å². The molecular weight excluding hydrogens is 721 g/mol. The maximum Gasteiger partial charge on any atom is 0.0618 e. The second-order valence-corrected chi connectivity index (χ2v) is 16.8. The van der Waals surface area contributed by atoms with Crippen LogP contribution < -0.4 is 9.80 Å². The summed E-state index contributed by atoms with van der Waals surface area (Å²) in [5.41, 5.74) is 14.3. The van der Waals surface area contributed by atoms with Crippen LogP contribution in [0.2, 0.25) is 0 Å². The smallest absolute Gasteiger partial charge is 0.0618 e. The number of nitrogens with zero attached hydrogens (tertiary/aromatic N) is 2. The zero-order chi connectivity index (χ0) is 38.8. The lowest BCUT2D eigenvalue weighted by molar-refractivity contribution is 0.632. The van der Waals surface area contributed by atoms with Crippen molar-refractivity contribution in [2.75, 3.05) is 9.80 Å². The Morgan fingerprint density at radius 2 is 1.03 bits per heavy atom. The molecule has 10 aromatic rings. The van der Waals surface area contributed by atoms with Crippen LogP contribution in [-0.2, 0) is 5.41 Å². The van der Waals surface area contributed by atoms with Crippen LogP contribution in [0.4, 0.5) is 34.1 Å². The lowest BCUT2D eigenvalue weighted by atomic mass is 9.72. The van der Waals surface area contributed by atoms with Crippen LogP contribution in [0.1, 0.15) is 25.0 Å². The van der Waals surface area contributed by atoms with E-state index in [4.69, 9.17) is 0 Å². The van der Waals surface area contributed by atoms with E-state index in [1.807, 2.05) is 11.3 Å². The van der Waals surface area contributed by atoms with Crippen molar-refractivity contribution in [2.45, 2.75) is 19.3 Å². The highest BCUT2D eigenvalue weighted by molar-refractivity contribution is 7.26. The van der Waals surface area contributed by atoms with Crippen LogP contribution in [0.5, 0.6) is 0 Å². The lowest BCUT2D eigenvalue weighted by Gasteiger charge is -2.43. The van der Waals surface area contributed by atoms with E-state index in [9.17, 15) is 0 Å². The summed E-state index contributed by atoms with van der Waals surface area (Å²) < 4.78 is 2.67. The van der Waals surface area contributed by atoms with Crippen molar-refractivity contribution >= 4 is 76.4 Å². The fourth-order valence-corrected chi connectivity index (χ4v) is 10.4. The van der Waals surface area contributed by atoms with Gasteiger partial charge in [0.05, 0.1) is 17.1 Å². The van der Waals surface area contributed by atoms with Crippen molar-refractivity contribution in [3.8, 4) is 22.3 Å². The van der Waals surface area contributed by atoms with Gasteiger partial charge in [0.2, 0.25) is 0 Å². The van der Waals surface area contributed by atoms with Crippen molar-refractivity contribution in [1.29, 1.82) is 0 Å². The molecule has 1 aliphatic heterocycles. The highest BCUT2D eigenvalue weighted by Gasteiger charge is 2.38. The van der Waals surface area contributed by atoms with Crippen LogP contribution in [-0.4, -0.2) is 0 Å². The first kappa shape index (κ1) is 34.3. The number of fused-ring (bicyclic) bond motifs is 6. The maximum atomic E-state index is 2.55. The molecule has 0 radical (unpaired) electrons. The van der Waals surface area contributed by atoms with Gasteiger partial charge in [0.1, 0.15) is 0 Å². The van der Waals surface area contributed by atoms with E-state index in [-0.39, 0.29) is 5.41 Å². The SMILES string of the molecule is CC1(C)c2ccccc2N(c2c(-c3ccc(N(c4ccccc4)c4ccccc4)cc3)ccc3ccccc23)c2ccc(-c3cccc4c3sc3ccccc34)cc21. The average Bonchev–Trinajstić information content (AvgIpc) is 3.67. The van der Waals surface area contributed by atoms with Gasteiger partial charge in [-0.2, -0.15) is 0 Å². The number of hydrogen-bond acceptors (Lipinski definition) is 3. The second-order valence-electron chi connectivity index (χ2n) is 15.7. The van der Waals surface area contributed by atoms with Crippen LogP contribution in [0.25, 0.3) is 53.2 Å². The van der Waals surface area contributed by atoms with Crippen molar-refractivity contribution in [3.05, 3.63) is 217 Å². The first-order chi connectivity index (χ1) is 28.5. The number of hydrogen-bond donors (Lipinski definition) is 0. The summed E-state index contributed by atoms with van der Waals surface area (Å²) >= 11 is 1.89. The molecule has 0 amide bonds. The summed E-state index contributed by atoms with van der Waals surface area (Å²) in [5.74, 6) is 0. The van der Waals surface area contributed by atoms with E-state index in [2.05, 4.69) is 230 Å². The van der Waals surface area contributed by atoms with Gasteiger partial charge in [0, 0.05) is 53.6 Å². The van der Waals surface area contributed by atoms with Crippen LogP contribution >= 0.6 is 11.3 Å². The van der Waals surface area contributed by atoms with Gasteiger partial charge in [-0.3, -0.25) is 0 Å². The Hall–Kier alpha value is -6.94. The quantitative estimate of drug-likeness (QED) is 0.167. The Kier molecular flexibility index (Phi) is 8.06. The van der Waals surface area contributed by atoms with Crippen LogP contribution in [0, 0.1) is 0 Å². The fraction of sp³-hybridized carbons (Fsp3) is 0.0545. The summed E-state index contributed by atoms with van der Waals surface area (Å²) in [6.07, 6.45) is 0. The molecule has 2 nitrogen and oxygen atoms in total. The normalized spacial score (nSPS) is 13.1. The Labute approximate surface area is 343 Å². The average molecular weight is 761 g/mol. The molecule has 1 aromatic heterocycles. The molecule has 58 heavy (non-hydrogen) atoms. The molecule has 0 bridgehead atoms. The van der Waals surface area contributed by atoms with E-state index in [0.717, 1.165) is 17.1 Å². The van der Waals surface area contributed by atoms with Gasteiger partial charge in [-0.05, 0) is 93.9 Å². The Balaban J connectivity index is 1.10. The van der Waals surface area contributed by atoms with E-state index in [1.165, 1.54) is 81.4 Å². The Morgan fingerprint density at radius 3 is 1.81 bits per heavy atom. The monoisotopic (exact) mass is 760 g/mol. The van der Waals surface area contributed by atoms with Crippen LogP contribution in [0.15, 0.2) is 206 Å². The zero-order valence-corrected chi connectivity index (χ0v) is 33.2. The molecule has 1 aliphatic rings. The van der Waals surface area contributed by atoms with Gasteiger partial charge in [-0.1, -0.05) is 159 Å². The molecule has 0 unspecified atom stereocenters. The Morgan fingerprint density at radius 1 is 0.431 bits per heavy atom. The zero-order valence-electron chi connectivity index (χ0n) is 32.4. The molecule has 0 saturated heterocycles. The summed E-state index contributed by atoms with van der Waals surface area (Å²) in [6.45, 7) is 4.78. The summed E-state index contributed by atoms with van der Waals surface area (Å²) in [4.78, 5) is 4.87. The second kappa shape index (κ2) is 13.6. The third-order valence-corrected chi connectivity index (χ3v) is 13.3. The van der Waals surface area contributed by atoms with Crippen molar-refractivity contribution < 1.29 is 0 Å². The van der Waals surface area contributed by atoms with Gasteiger partial charge >= 0.3 is 0 Å². The predicted octanol–water partition coefficient (Wildman–Crippen LogP) is 16.1. The summed E-state index contributed by atoms with van der Waals surface area (Å²) in [7, 11) is 0. The topological polar surface area (TPSA) is 6.48 Å². The number of para-hydroxylation sites is 3. The van der Waals surface area contributed by atoms with Gasteiger partial charge in [-0.15, -0.1) is 11.3 Å². The third-order valence-electron chi connectivity index (χ3n) is 12.0. The largest absolute Gasteiger partial charge is 0.311 e. The molecular formula is C55H40N2S.